The Bertz CT molecular complexity index is 468. The van der Waals surface area contributed by atoms with Crippen LogP contribution in [0.25, 0.3) is 0 Å². The number of ether oxygens (including phenoxy) is 1. The van der Waals surface area contributed by atoms with Crippen LogP contribution in [0.15, 0.2) is 47.6 Å². The zero-order valence-electron chi connectivity index (χ0n) is 13.0. The topological polar surface area (TPSA) is 9.23 Å². The van der Waals surface area contributed by atoms with Gasteiger partial charge in [-0.15, -0.1) is 0 Å². The molecule has 0 fully saturated rings. The molecule has 0 heterocycles. The van der Waals surface area contributed by atoms with Crippen molar-refractivity contribution in [3.63, 3.8) is 0 Å². The Kier molecular flexibility index (Phi) is 6.09. The van der Waals surface area contributed by atoms with Crippen molar-refractivity contribution in [3.8, 4) is 0 Å². The van der Waals surface area contributed by atoms with Crippen LogP contribution in [0.2, 0.25) is 0 Å². The van der Waals surface area contributed by atoms with Crippen LogP contribution in [-0.4, -0.2) is 10.2 Å². The Balaban J connectivity index is 2.82. The first kappa shape index (κ1) is 15.8. The smallest absolute Gasteiger partial charge is 0.0864 e. The molecule has 0 amide bonds. The van der Waals surface area contributed by atoms with Crippen molar-refractivity contribution in [2.75, 3.05) is 0 Å². The van der Waals surface area contributed by atoms with Gasteiger partial charge in [0, 0.05) is 5.92 Å². The van der Waals surface area contributed by atoms with Gasteiger partial charge in [-0.3, -0.25) is 0 Å². The molecular weight excluding hydrogens is 248 g/mol. The van der Waals surface area contributed by atoms with Crippen LogP contribution >= 0.6 is 0 Å². The maximum absolute atomic E-state index is 5.66. The van der Waals surface area contributed by atoms with Crippen LogP contribution in [0.3, 0.4) is 0 Å². The number of allylic oxidation sites excluding steroid dienone is 2. The molecule has 0 aromatic heterocycles. The van der Waals surface area contributed by atoms with Crippen molar-refractivity contribution in [3.05, 3.63) is 58.7 Å². The molecule has 1 atom stereocenters. The summed E-state index contributed by atoms with van der Waals surface area (Å²) in [6, 6.07) is 8.66. The summed E-state index contributed by atoms with van der Waals surface area (Å²) in [5, 5.41) is 1.11. The quantitative estimate of drug-likeness (QED) is 0.581. The molecule has 0 radical (unpaired) electrons. The molecule has 0 aliphatic heterocycles. The van der Waals surface area contributed by atoms with Crippen LogP contribution in [0.5, 0.6) is 0 Å². The Hall–Kier alpha value is -1.28. The van der Waals surface area contributed by atoms with Crippen molar-refractivity contribution >= 4 is 10.2 Å². The first-order chi connectivity index (χ1) is 8.93. The highest BCUT2D eigenvalue weighted by Crippen LogP contribution is 2.26. The SMILES string of the molecule is CC(C)=C([SiH3])OC=CC(C)c1ccccc1C(C)C. The summed E-state index contributed by atoms with van der Waals surface area (Å²) in [5.41, 5.74) is 4.09. The summed E-state index contributed by atoms with van der Waals surface area (Å²) in [4.78, 5) is 0. The molecule has 19 heavy (non-hydrogen) atoms. The minimum atomic E-state index is 0.380. The molecule has 2 heteroatoms. The van der Waals surface area contributed by atoms with Crippen LogP contribution in [-0.2, 0) is 4.74 Å². The van der Waals surface area contributed by atoms with E-state index in [0.29, 0.717) is 11.8 Å². The summed E-state index contributed by atoms with van der Waals surface area (Å²) in [6.07, 6.45) is 3.99. The fourth-order valence-corrected chi connectivity index (χ4v) is 2.07. The lowest BCUT2D eigenvalue weighted by Crippen LogP contribution is -1.99. The summed E-state index contributed by atoms with van der Waals surface area (Å²) in [6.45, 7) is 10.9. The zero-order valence-corrected chi connectivity index (χ0v) is 15.0. The molecule has 1 nitrogen and oxygen atoms in total. The lowest BCUT2D eigenvalue weighted by molar-refractivity contribution is 0.377. The highest BCUT2D eigenvalue weighted by molar-refractivity contribution is 6.20. The Morgan fingerprint density at radius 2 is 1.68 bits per heavy atom. The van der Waals surface area contributed by atoms with Gasteiger partial charge in [-0.1, -0.05) is 45.0 Å². The average molecular weight is 274 g/mol. The predicted molar refractivity (Wildman–Crippen MR) is 87.5 cm³/mol. The second-order valence-corrected chi connectivity index (χ2v) is 6.48. The summed E-state index contributed by atoms with van der Waals surface area (Å²) >= 11 is 0. The lowest BCUT2D eigenvalue weighted by Gasteiger charge is -2.16. The molecule has 1 unspecified atom stereocenters. The number of hydrogen-bond acceptors (Lipinski definition) is 1. The van der Waals surface area contributed by atoms with Crippen LogP contribution in [0, 0.1) is 0 Å². The minimum Gasteiger partial charge on any atom is -0.476 e. The molecule has 0 aliphatic rings. The average Bonchev–Trinajstić information content (AvgIpc) is 2.38. The van der Waals surface area contributed by atoms with E-state index in [4.69, 9.17) is 4.74 Å². The highest BCUT2D eigenvalue weighted by atomic mass is 28.1. The maximum atomic E-state index is 5.66. The van der Waals surface area contributed by atoms with Crippen molar-refractivity contribution in [2.45, 2.75) is 46.5 Å². The van der Waals surface area contributed by atoms with E-state index < -0.39 is 0 Å². The molecule has 0 bridgehead atoms. The highest BCUT2D eigenvalue weighted by Gasteiger charge is 2.09. The third kappa shape index (κ3) is 4.71. The molecule has 1 aromatic carbocycles. The molecular formula is C17H26OSi. The van der Waals surface area contributed by atoms with E-state index in [1.165, 1.54) is 16.7 Å². The van der Waals surface area contributed by atoms with Gasteiger partial charge in [0.05, 0.1) is 21.9 Å². The Labute approximate surface area is 120 Å². The molecule has 0 aliphatic carbocycles. The van der Waals surface area contributed by atoms with Crippen LogP contribution in [0.1, 0.15) is 57.6 Å². The van der Waals surface area contributed by atoms with Gasteiger partial charge in [-0.25, -0.2) is 0 Å². The van der Waals surface area contributed by atoms with Crippen molar-refractivity contribution in [2.24, 2.45) is 0 Å². The molecule has 0 saturated carbocycles. The third-order valence-electron chi connectivity index (χ3n) is 3.42. The Morgan fingerprint density at radius 1 is 1.11 bits per heavy atom. The van der Waals surface area contributed by atoms with E-state index in [1.54, 1.807) is 0 Å². The van der Waals surface area contributed by atoms with Gasteiger partial charge in [-0.2, -0.15) is 0 Å². The van der Waals surface area contributed by atoms with E-state index in [0.717, 1.165) is 15.6 Å². The van der Waals surface area contributed by atoms with E-state index in [9.17, 15) is 0 Å². The van der Waals surface area contributed by atoms with Gasteiger partial charge < -0.3 is 4.74 Å². The molecule has 1 rings (SSSR count). The fourth-order valence-electron chi connectivity index (χ4n) is 1.93. The minimum absolute atomic E-state index is 0.380. The molecule has 0 N–H and O–H groups in total. The second kappa shape index (κ2) is 7.34. The van der Waals surface area contributed by atoms with Gasteiger partial charge in [0.1, 0.15) is 0 Å². The van der Waals surface area contributed by atoms with Crippen molar-refractivity contribution in [1.82, 2.24) is 0 Å². The standard InChI is InChI=1S/C17H26OSi/c1-12(2)15-8-6-7-9-16(15)14(5)10-11-18-17(19)13(3)4/h6-12,14H,1-5,19H3. The van der Waals surface area contributed by atoms with Crippen molar-refractivity contribution in [1.29, 1.82) is 0 Å². The molecule has 0 saturated heterocycles. The number of benzene rings is 1. The van der Waals surface area contributed by atoms with Crippen LogP contribution in [0.4, 0.5) is 0 Å². The normalized spacial score (nSPS) is 12.9. The van der Waals surface area contributed by atoms with Gasteiger partial charge in [0.25, 0.3) is 0 Å². The van der Waals surface area contributed by atoms with Gasteiger partial charge in [0.15, 0.2) is 0 Å². The molecule has 104 valence electrons. The first-order valence-corrected chi connectivity index (χ1v) is 7.99. The Morgan fingerprint density at radius 3 is 2.21 bits per heavy atom. The maximum Gasteiger partial charge on any atom is 0.0864 e. The fraction of sp³-hybridized carbons (Fsp3) is 0.412. The van der Waals surface area contributed by atoms with E-state index in [2.05, 4.69) is 65.0 Å². The van der Waals surface area contributed by atoms with Gasteiger partial charge >= 0.3 is 0 Å². The molecule has 1 aromatic rings. The van der Waals surface area contributed by atoms with E-state index in [-0.39, 0.29) is 0 Å². The number of rotatable bonds is 5. The third-order valence-corrected chi connectivity index (χ3v) is 4.66. The largest absolute Gasteiger partial charge is 0.476 e. The van der Waals surface area contributed by atoms with Gasteiger partial charge in [0.2, 0.25) is 0 Å². The first-order valence-electron chi connectivity index (χ1n) is 6.99. The summed E-state index contributed by atoms with van der Waals surface area (Å²) in [7, 11) is 0.955. The lowest BCUT2D eigenvalue weighted by atomic mass is 9.90. The molecule has 0 spiro atoms. The number of hydrogen-bond donors (Lipinski definition) is 0. The van der Waals surface area contributed by atoms with Gasteiger partial charge in [-0.05, 0) is 42.5 Å². The van der Waals surface area contributed by atoms with Crippen molar-refractivity contribution < 1.29 is 4.74 Å². The monoisotopic (exact) mass is 274 g/mol. The van der Waals surface area contributed by atoms with E-state index >= 15 is 0 Å². The summed E-state index contributed by atoms with van der Waals surface area (Å²) in [5.74, 6) is 0.935. The zero-order chi connectivity index (χ0) is 14.4. The summed E-state index contributed by atoms with van der Waals surface area (Å²) < 4.78 is 5.66. The van der Waals surface area contributed by atoms with Crippen LogP contribution < -0.4 is 0 Å². The van der Waals surface area contributed by atoms with E-state index in [1.807, 2.05) is 6.26 Å². The predicted octanol–water partition coefficient (Wildman–Crippen LogP) is 4.06. The second-order valence-electron chi connectivity index (χ2n) is 5.57.